The van der Waals surface area contributed by atoms with Gasteiger partial charge >= 0.3 is 0 Å². The van der Waals surface area contributed by atoms with E-state index in [0.29, 0.717) is 11.2 Å². The molecular formula is C16H14N2O3S2. The molecule has 0 aliphatic rings. The molecule has 1 heterocycles. The molecule has 2 aromatic carbocycles. The van der Waals surface area contributed by atoms with E-state index in [1.807, 2.05) is 19.1 Å². The number of anilines is 1. The molecule has 3 rings (SSSR count). The van der Waals surface area contributed by atoms with Crippen LogP contribution < -0.4 is 5.32 Å². The number of hydrogen-bond donors (Lipinski definition) is 1. The number of hydrogen-bond acceptors (Lipinski definition) is 5. The van der Waals surface area contributed by atoms with Crippen LogP contribution in [0.1, 0.15) is 5.56 Å². The summed E-state index contributed by atoms with van der Waals surface area (Å²) < 4.78 is 25.5. The molecule has 118 valence electrons. The van der Waals surface area contributed by atoms with Crippen molar-refractivity contribution in [3.8, 4) is 0 Å². The highest BCUT2D eigenvalue weighted by Crippen LogP contribution is 2.25. The summed E-state index contributed by atoms with van der Waals surface area (Å²) in [7, 11) is -3.76. The van der Waals surface area contributed by atoms with Gasteiger partial charge in [-0.25, -0.2) is 13.4 Å². The van der Waals surface area contributed by atoms with E-state index in [9.17, 15) is 13.2 Å². The average molecular weight is 346 g/mol. The highest BCUT2D eigenvalue weighted by atomic mass is 32.2. The number of rotatable bonds is 4. The fraction of sp³-hybridized carbons (Fsp3) is 0.125. The number of thiazole rings is 1. The number of nitrogens with zero attached hydrogens (tertiary/aromatic N) is 1. The maximum absolute atomic E-state index is 12.4. The zero-order valence-corrected chi connectivity index (χ0v) is 13.9. The van der Waals surface area contributed by atoms with Gasteiger partial charge in [0.15, 0.2) is 0 Å². The Balaban J connectivity index is 1.79. The molecule has 0 aliphatic heterocycles. The largest absolute Gasteiger partial charge is 0.325 e. The van der Waals surface area contributed by atoms with Gasteiger partial charge in [0.05, 0.1) is 10.2 Å². The summed E-state index contributed by atoms with van der Waals surface area (Å²) in [5, 5.41) is 2.60. The predicted molar refractivity (Wildman–Crippen MR) is 91.5 cm³/mol. The van der Waals surface area contributed by atoms with Crippen LogP contribution in [0.2, 0.25) is 0 Å². The van der Waals surface area contributed by atoms with Crippen LogP contribution >= 0.6 is 11.3 Å². The van der Waals surface area contributed by atoms with E-state index < -0.39 is 21.5 Å². The predicted octanol–water partition coefficient (Wildman–Crippen LogP) is 3.02. The molecule has 1 N–H and O–H groups in total. The summed E-state index contributed by atoms with van der Waals surface area (Å²) in [6.07, 6.45) is 0. The van der Waals surface area contributed by atoms with Crippen LogP contribution in [0.3, 0.4) is 0 Å². The van der Waals surface area contributed by atoms with Gasteiger partial charge in [0.1, 0.15) is 5.75 Å². The minimum absolute atomic E-state index is 0.0295. The summed E-state index contributed by atoms with van der Waals surface area (Å²) in [5.41, 5.74) is 2.18. The first-order chi connectivity index (χ1) is 10.9. The molecule has 23 heavy (non-hydrogen) atoms. The SMILES string of the molecule is Cc1cccc(NC(=O)CS(=O)(=O)c2nc3ccccc3s2)c1. The number of aryl methyl sites for hydroxylation is 1. The van der Waals surface area contributed by atoms with E-state index in [0.717, 1.165) is 21.6 Å². The van der Waals surface area contributed by atoms with Crippen LogP contribution in [0.25, 0.3) is 10.2 Å². The van der Waals surface area contributed by atoms with Gasteiger partial charge in [-0.2, -0.15) is 0 Å². The molecule has 0 saturated heterocycles. The van der Waals surface area contributed by atoms with Crippen LogP contribution in [-0.4, -0.2) is 25.1 Å². The van der Waals surface area contributed by atoms with Crippen molar-refractivity contribution >= 4 is 43.0 Å². The number of aromatic nitrogens is 1. The number of sulfone groups is 1. The molecule has 1 aromatic heterocycles. The molecule has 0 aliphatic carbocycles. The van der Waals surface area contributed by atoms with Gasteiger partial charge in [-0.05, 0) is 36.8 Å². The van der Waals surface area contributed by atoms with Gasteiger partial charge in [0.25, 0.3) is 0 Å². The van der Waals surface area contributed by atoms with Crippen molar-refractivity contribution in [2.45, 2.75) is 11.3 Å². The Kier molecular flexibility index (Phi) is 4.14. The summed E-state index contributed by atoms with van der Waals surface area (Å²) in [5.74, 6) is -1.20. The number of para-hydroxylation sites is 1. The van der Waals surface area contributed by atoms with E-state index in [1.54, 1.807) is 36.4 Å². The topological polar surface area (TPSA) is 76.1 Å². The lowest BCUT2D eigenvalue weighted by Crippen LogP contribution is -2.22. The Hall–Kier alpha value is -2.25. The van der Waals surface area contributed by atoms with Crippen LogP contribution in [0.5, 0.6) is 0 Å². The smallest absolute Gasteiger partial charge is 0.240 e. The minimum Gasteiger partial charge on any atom is -0.325 e. The number of carbonyl (C=O) groups excluding carboxylic acids is 1. The lowest BCUT2D eigenvalue weighted by atomic mass is 10.2. The van der Waals surface area contributed by atoms with Crippen molar-refractivity contribution in [1.82, 2.24) is 4.98 Å². The van der Waals surface area contributed by atoms with E-state index >= 15 is 0 Å². The van der Waals surface area contributed by atoms with Gasteiger partial charge in [0.2, 0.25) is 20.1 Å². The molecule has 0 unspecified atom stereocenters. The number of fused-ring (bicyclic) bond motifs is 1. The third-order valence-electron chi connectivity index (χ3n) is 3.16. The lowest BCUT2D eigenvalue weighted by molar-refractivity contribution is -0.113. The zero-order valence-electron chi connectivity index (χ0n) is 12.3. The lowest BCUT2D eigenvalue weighted by Gasteiger charge is -2.05. The first-order valence-corrected chi connectivity index (χ1v) is 9.36. The van der Waals surface area contributed by atoms with Crippen LogP contribution in [0.4, 0.5) is 5.69 Å². The Morgan fingerprint density at radius 3 is 2.70 bits per heavy atom. The highest BCUT2D eigenvalue weighted by Gasteiger charge is 2.23. The summed E-state index contributed by atoms with van der Waals surface area (Å²) in [6.45, 7) is 1.90. The maximum atomic E-state index is 12.4. The highest BCUT2D eigenvalue weighted by molar-refractivity contribution is 7.94. The van der Waals surface area contributed by atoms with Crippen LogP contribution in [0, 0.1) is 6.92 Å². The Morgan fingerprint density at radius 1 is 1.17 bits per heavy atom. The van der Waals surface area contributed by atoms with Gasteiger partial charge < -0.3 is 5.32 Å². The van der Waals surface area contributed by atoms with Crippen molar-refractivity contribution in [1.29, 1.82) is 0 Å². The minimum atomic E-state index is -3.76. The molecule has 0 radical (unpaired) electrons. The molecule has 0 atom stereocenters. The standard InChI is InChI=1S/C16H14N2O3S2/c1-11-5-4-6-12(9-11)17-15(19)10-23(20,21)16-18-13-7-2-3-8-14(13)22-16/h2-9H,10H2,1H3,(H,17,19). The molecule has 0 saturated carbocycles. The van der Waals surface area contributed by atoms with Crippen molar-refractivity contribution in [3.05, 3.63) is 54.1 Å². The van der Waals surface area contributed by atoms with Crippen molar-refractivity contribution < 1.29 is 13.2 Å². The Labute approximate surface area is 137 Å². The molecule has 7 heteroatoms. The van der Waals surface area contributed by atoms with E-state index in [-0.39, 0.29) is 4.34 Å². The molecule has 5 nitrogen and oxygen atoms in total. The molecule has 3 aromatic rings. The summed E-state index contributed by atoms with van der Waals surface area (Å²) >= 11 is 1.08. The monoisotopic (exact) mass is 346 g/mol. The molecule has 0 bridgehead atoms. The molecule has 0 spiro atoms. The maximum Gasteiger partial charge on any atom is 0.240 e. The van der Waals surface area contributed by atoms with E-state index in [2.05, 4.69) is 10.3 Å². The van der Waals surface area contributed by atoms with Crippen molar-refractivity contribution in [3.63, 3.8) is 0 Å². The Bertz CT molecular complexity index is 945. The number of nitrogens with one attached hydrogen (secondary N) is 1. The fourth-order valence-corrected chi connectivity index (χ4v) is 4.57. The second kappa shape index (κ2) is 6.10. The summed E-state index contributed by atoms with van der Waals surface area (Å²) in [4.78, 5) is 16.1. The van der Waals surface area contributed by atoms with E-state index in [4.69, 9.17) is 0 Å². The third-order valence-corrected chi connectivity index (χ3v) is 6.27. The first-order valence-electron chi connectivity index (χ1n) is 6.89. The van der Waals surface area contributed by atoms with Gasteiger partial charge in [-0.1, -0.05) is 24.3 Å². The third kappa shape index (κ3) is 3.57. The number of carbonyl (C=O) groups is 1. The Morgan fingerprint density at radius 2 is 1.96 bits per heavy atom. The quantitative estimate of drug-likeness (QED) is 0.788. The normalized spacial score (nSPS) is 11.5. The van der Waals surface area contributed by atoms with Crippen LogP contribution in [0.15, 0.2) is 52.9 Å². The van der Waals surface area contributed by atoms with Crippen LogP contribution in [-0.2, 0) is 14.6 Å². The van der Waals surface area contributed by atoms with Gasteiger partial charge in [-0.15, -0.1) is 11.3 Å². The van der Waals surface area contributed by atoms with Crippen molar-refractivity contribution in [2.75, 3.05) is 11.1 Å². The van der Waals surface area contributed by atoms with E-state index in [1.165, 1.54) is 0 Å². The average Bonchev–Trinajstić information content (AvgIpc) is 2.91. The molecule has 1 amide bonds. The number of benzene rings is 2. The van der Waals surface area contributed by atoms with Gasteiger partial charge in [-0.3, -0.25) is 4.79 Å². The zero-order chi connectivity index (χ0) is 16.4. The second-order valence-electron chi connectivity index (χ2n) is 5.12. The van der Waals surface area contributed by atoms with Gasteiger partial charge in [0, 0.05) is 5.69 Å². The molecule has 0 fully saturated rings. The second-order valence-corrected chi connectivity index (χ2v) is 8.32. The number of amides is 1. The van der Waals surface area contributed by atoms with Crippen molar-refractivity contribution in [2.24, 2.45) is 0 Å². The molecular weight excluding hydrogens is 332 g/mol. The summed E-state index contributed by atoms with van der Waals surface area (Å²) in [6, 6.07) is 14.4. The first kappa shape index (κ1) is 15.6. The fourth-order valence-electron chi connectivity index (χ4n) is 2.14.